The maximum Gasteiger partial charge on any atom is 0.290 e. The van der Waals surface area contributed by atoms with Crippen molar-refractivity contribution in [2.75, 3.05) is 0 Å². The summed E-state index contributed by atoms with van der Waals surface area (Å²) in [5.41, 5.74) is 3.89. The molecule has 126 valence electrons. The number of H-pyrrole nitrogens is 1. The van der Waals surface area contributed by atoms with E-state index in [0.29, 0.717) is 15.2 Å². The van der Waals surface area contributed by atoms with Crippen LogP contribution in [-0.2, 0) is 0 Å². The number of nitrogens with zero attached hydrogens (tertiary/aromatic N) is 1. The monoisotopic (exact) mass is 404 g/mol. The molecule has 1 heterocycles. The maximum absolute atomic E-state index is 13.3. The van der Waals surface area contributed by atoms with Crippen molar-refractivity contribution in [3.05, 3.63) is 74.4 Å². The van der Waals surface area contributed by atoms with Crippen LogP contribution in [0.1, 0.15) is 20.8 Å². The Labute approximate surface area is 148 Å². The SMILES string of the molecule is O=C(NNC(=O)c1n[nH]c(=O)c2ccccc12)c1cc(F)cc(Br)c1. The van der Waals surface area contributed by atoms with E-state index in [-0.39, 0.29) is 11.3 Å². The van der Waals surface area contributed by atoms with E-state index in [2.05, 4.69) is 37.0 Å². The number of halogens is 2. The molecule has 2 amide bonds. The Morgan fingerprint density at radius 1 is 1.04 bits per heavy atom. The Kier molecular flexibility index (Phi) is 4.57. The van der Waals surface area contributed by atoms with Crippen LogP contribution in [0.3, 0.4) is 0 Å². The topological polar surface area (TPSA) is 104 Å². The average Bonchev–Trinajstić information content (AvgIpc) is 2.59. The molecule has 0 radical (unpaired) electrons. The molecule has 3 rings (SSSR count). The first-order chi connectivity index (χ1) is 12.0. The third-order valence-corrected chi connectivity index (χ3v) is 3.78. The number of rotatable bonds is 2. The molecule has 0 bridgehead atoms. The number of benzene rings is 2. The van der Waals surface area contributed by atoms with Crippen LogP contribution in [-0.4, -0.2) is 22.0 Å². The van der Waals surface area contributed by atoms with Gasteiger partial charge in [-0.3, -0.25) is 25.2 Å². The third kappa shape index (κ3) is 3.56. The lowest BCUT2D eigenvalue weighted by Crippen LogP contribution is -2.42. The van der Waals surface area contributed by atoms with Gasteiger partial charge in [-0.15, -0.1) is 0 Å². The van der Waals surface area contributed by atoms with Crippen molar-refractivity contribution >= 4 is 38.5 Å². The van der Waals surface area contributed by atoms with Gasteiger partial charge in [0.05, 0.1) is 5.39 Å². The molecule has 0 fully saturated rings. The molecule has 9 heteroatoms. The number of nitrogens with one attached hydrogen (secondary N) is 3. The van der Waals surface area contributed by atoms with E-state index in [1.54, 1.807) is 24.3 Å². The zero-order valence-electron chi connectivity index (χ0n) is 12.5. The second-order valence-corrected chi connectivity index (χ2v) is 5.93. The highest BCUT2D eigenvalue weighted by molar-refractivity contribution is 9.10. The molecule has 0 saturated heterocycles. The predicted molar refractivity (Wildman–Crippen MR) is 91.4 cm³/mol. The van der Waals surface area contributed by atoms with Gasteiger partial charge >= 0.3 is 0 Å². The van der Waals surface area contributed by atoms with Gasteiger partial charge < -0.3 is 0 Å². The van der Waals surface area contributed by atoms with Crippen molar-refractivity contribution in [1.82, 2.24) is 21.0 Å². The third-order valence-electron chi connectivity index (χ3n) is 3.33. The first-order valence-electron chi connectivity index (χ1n) is 7.00. The van der Waals surface area contributed by atoms with Crippen molar-refractivity contribution in [2.45, 2.75) is 0 Å². The van der Waals surface area contributed by atoms with E-state index in [4.69, 9.17) is 0 Å². The number of hydrazine groups is 1. The Balaban J connectivity index is 1.80. The number of hydrogen-bond acceptors (Lipinski definition) is 4. The maximum atomic E-state index is 13.3. The van der Waals surface area contributed by atoms with Gasteiger partial charge in [-0.2, -0.15) is 5.10 Å². The van der Waals surface area contributed by atoms with Crippen LogP contribution < -0.4 is 16.4 Å². The fourth-order valence-corrected chi connectivity index (χ4v) is 2.68. The lowest BCUT2D eigenvalue weighted by atomic mass is 10.1. The van der Waals surface area contributed by atoms with Crippen LogP contribution >= 0.6 is 15.9 Å². The number of carbonyl (C=O) groups excluding carboxylic acids is 2. The summed E-state index contributed by atoms with van der Waals surface area (Å²) >= 11 is 3.08. The molecule has 1 aromatic heterocycles. The van der Waals surface area contributed by atoms with Crippen LogP contribution in [0.4, 0.5) is 4.39 Å². The summed E-state index contributed by atoms with van der Waals surface area (Å²) in [6.07, 6.45) is 0. The number of carbonyl (C=O) groups is 2. The van der Waals surface area contributed by atoms with Crippen molar-refractivity contribution in [2.24, 2.45) is 0 Å². The van der Waals surface area contributed by atoms with E-state index < -0.39 is 23.2 Å². The molecule has 2 aromatic carbocycles. The van der Waals surface area contributed by atoms with Gasteiger partial charge in [0.25, 0.3) is 17.4 Å². The van der Waals surface area contributed by atoms with Gasteiger partial charge in [-0.1, -0.05) is 34.1 Å². The van der Waals surface area contributed by atoms with Crippen molar-refractivity contribution < 1.29 is 14.0 Å². The first-order valence-corrected chi connectivity index (χ1v) is 7.79. The fourth-order valence-electron chi connectivity index (χ4n) is 2.22. The van der Waals surface area contributed by atoms with Gasteiger partial charge in [0, 0.05) is 15.4 Å². The van der Waals surface area contributed by atoms with Crippen molar-refractivity contribution in [1.29, 1.82) is 0 Å². The summed E-state index contributed by atoms with van der Waals surface area (Å²) in [6, 6.07) is 10.1. The van der Waals surface area contributed by atoms with Gasteiger partial charge in [0.2, 0.25) is 0 Å². The minimum atomic E-state index is -0.726. The molecular weight excluding hydrogens is 395 g/mol. The minimum absolute atomic E-state index is 0.0199. The normalized spacial score (nSPS) is 10.5. The summed E-state index contributed by atoms with van der Waals surface area (Å²) in [5.74, 6) is -2.03. The van der Waals surface area contributed by atoms with Gasteiger partial charge in [-0.25, -0.2) is 9.49 Å². The summed E-state index contributed by atoms with van der Waals surface area (Å²) in [4.78, 5) is 36.0. The Morgan fingerprint density at radius 3 is 2.44 bits per heavy atom. The van der Waals surface area contributed by atoms with Gasteiger partial charge in [0.1, 0.15) is 5.82 Å². The summed E-state index contributed by atoms with van der Waals surface area (Å²) in [7, 11) is 0. The molecule has 7 nitrogen and oxygen atoms in total. The molecule has 0 atom stereocenters. The van der Waals surface area contributed by atoms with E-state index in [1.807, 2.05) is 0 Å². The van der Waals surface area contributed by atoms with Crippen LogP contribution in [0.5, 0.6) is 0 Å². The van der Waals surface area contributed by atoms with Crippen LogP contribution in [0.15, 0.2) is 51.7 Å². The molecular formula is C16H10BrFN4O3. The van der Waals surface area contributed by atoms with Crippen LogP contribution in [0.2, 0.25) is 0 Å². The number of aromatic nitrogens is 2. The molecule has 0 unspecified atom stereocenters. The number of hydrogen-bond donors (Lipinski definition) is 3. The lowest BCUT2D eigenvalue weighted by Gasteiger charge is -2.08. The van der Waals surface area contributed by atoms with Crippen molar-refractivity contribution in [3.8, 4) is 0 Å². The number of amides is 2. The highest BCUT2D eigenvalue weighted by Crippen LogP contribution is 2.15. The highest BCUT2D eigenvalue weighted by atomic mass is 79.9. The zero-order valence-corrected chi connectivity index (χ0v) is 14.1. The van der Waals surface area contributed by atoms with Crippen LogP contribution in [0, 0.1) is 5.82 Å². The second-order valence-electron chi connectivity index (χ2n) is 5.01. The van der Waals surface area contributed by atoms with E-state index in [9.17, 15) is 18.8 Å². The molecule has 3 N–H and O–H groups in total. The van der Waals surface area contributed by atoms with E-state index in [1.165, 1.54) is 12.1 Å². The Bertz CT molecular complexity index is 1030. The van der Waals surface area contributed by atoms with Gasteiger partial charge in [0.15, 0.2) is 5.69 Å². The molecule has 0 aliphatic carbocycles. The highest BCUT2D eigenvalue weighted by Gasteiger charge is 2.15. The molecule has 25 heavy (non-hydrogen) atoms. The molecule has 0 aliphatic rings. The summed E-state index contributed by atoms with van der Waals surface area (Å²) in [5, 5.41) is 6.57. The summed E-state index contributed by atoms with van der Waals surface area (Å²) in [6.45, 7) is 0. The predicted octanol–water partition coefficient (Wildman–Crippen LogP) is 1.90. The molecule has 0 spiro atoms. The second kappa shape index (κ2) is 6.81. The zero-order chi connectivity index (χ0) is 18.0. The largest absolute Gasteiger partial charge is 0.290 e. The van der Waals surface area contributed by atoms with Crippen LogP contribution in [0.25, 0.3) is 10.8 Å². The average molecular weight is 405 g/mol. The quantitative estimate of drug-likeness (QED) is 0.567. The fraction of sp³-hybridized carbons (Fsp3) is 0. The smallest absolute Gasteiger partial charge is 0.267 e. The van der Waals surface area contributed by atoms with Gasteiger partial charge in [-0.05, 0) is 24.3 Å². The standard InChI is InChI=1S/C16H10BrFN4O3/c17-9-5-8(6-10(18)7-9)14(23)20-22-16(25)13-11-3-1-2-4-12(11)15(24)21-19-13/h1-7H,(H,20,23)(H,21,24)(H,22,25). The van der Waals surface area contributed by atoms with E-state index in [0.717, 1.165) is 6.07 Å². The van der Waals surface area contributed by atoms with Crippen molar-refractivity contribution in [3.63, 3.8) is 0 Å². The molecule has 0 saturated carbocycles. The summed E-state index contributed by atoms with van der Waals surface area (Å²) < 4.78 is 13.7. The Morgan fingerprint density at radius 2 is 1.72 bits per heavy atom. The Hall–Kier alpha value is -3.07. The first kappa shape index (κ1) is 16.8. The number of fused-ring (bicyclic) bond motifs is 1. The minimum Gasteiger partial charge on any atom is -0.267 e. The molecule has 0 aliphatic heterocycles. The molecule has 3 aromatic rings. The lowest BCUT2D eigenvalue weighted by molar-refractivity contribution is 0.0844. The number of aromatic amines is 1. The van der Waals surface area contributed by atoms with E-state index >= 15 is 0 Å².